The number of aliphatic hydroxyl groups excluding tert-OH is 1. The first kappa shape index (κ1) is 14.6. The Kier molecular flexibility index (Phi) is 7.16. The number of aliphatic hydroxyl groups is 2. The molecule has 1 aliphatic rings. The zero-order valence-electron chi connectivity index (χ0n) is 9.95. The number of thioether (sulfide) groups is 2. The topological polar surface area (TPSA) is 52.5 Å². The molecule has 1 aliphatic heterocycles. The Morgan fingerprint density at radius 2 is 1.94 bits per heavy atom. The molecule has 0 aromatic carbocycles. The highest BCUT2D eigenvalue weighted by molar-refractivity contribution is 8.03. The van der Waals surface area contributed by atoms with E-state index in [2.05, 4.69) is 5.32 Å². The molecule has 0 saturated carbocycles. The van der Waals surface area contributed by atoms with Crippen LogP contribution in [0.15, 0.2) is 0 Å². The molecule has 16 heavy (non-hydrogen) atoms. The Labute approximate surface area is 107 Å². The zero-order valence-corrected chi connectivity index (χ0v) is 11.6. The molecule has 0 radical (unpaired) electrons. The molecule has 0 aromatic heterocycles. The minimum atomic E-state index is -0.690. The summed E-state index contributed by atoms with van der Waals surface area (Å²) in [4.78, 5) is 0. The lowest BCUT2D eigenvalue weighted by atomic mass is 10.0. The minimum Gasteiger partial charge on any atom is -0.396 e. The first-order valence-corrected chi connectivity index (χ1v) is 8.17. The number of hydrogen-bond donors (Lipinski definition) is 3. The van der Waals surface area contributed by atoms with Crippen LogP contribution in [0.3, 0.4) is 0 Å². The molecule has 1 unspecified atom stereocenters. The first-order valence-electron chi connectivity index (χ1n) is 5.86. The molecule has 1 fully saturated rings. The van der Waals surface area contributed by atoms with Crippen LogP contribution >= 0.6 is 23.5 Å². The van der Waals surface area contributed by atoms with Crippen LogP contribution in [0.4, 0.5) is 0 Å². The quantitative estimate of drug-likeness (QED) is 0.667. The lowest BCUT2D eigenvalue weighted by Crippen LogP contribution is -2.44. The van der Waals surface area contributed by atoms with Gasteiger partial charge in [-0.1, -0.05) is 0 Å². The minimum absolute atomic E-state index is 0.158. The van der Waals surface area contributed by atoms with Gasteiger partial charge >= 0.3 is 0 Å². The maximum atomic E-state index is 10.1. The van der Waals surface area contributed by atoms with E-state index in [1.54, 1.807) is 0 Å². The molecule has 3 N–H and O–H groups in total. The third kappa shape index (κ3) is 6.35. The summed E-state index contributed by atoms with van der Waals surface area (Å²) in [5, 5.41) is 22.2. The summed E-state index contributed by atoms with van der Waals surface area (Å²) < 4.78 is 0. The van der Waals surface area contributed by atoms with E-state index in [1.807, 2.05) is 30.4 Å². The molecule has 96 valence electrons. The smallest absolute Gasteiger partial charge is 0.0744 e. The summed E-state index contributed by atoms with van der Waals surface area (Å²) in [6, 6.07) is 0.512. The molecular formula is C11H23NO2S2. The molecule has 0 aromatic rings. The molecular weight excluding hydrogens is 242 g/mol. The summed E-state index contributed by atoms with van der Waals surface area (Å²) in [6.07, 6.45) is 1.33. The Balaban J connectivity index is 2.20. The summed E-state index contributed by atoms with van der Waals surface area (Å²) in [5.74, 6) is 4.76. The third-order valence-corrected chi connectivity index (χ3v) is 5.18. The predicted octanol–water partition coefficient (Wildman–Crippen LogP) is 0.948. The van der Waals surface area contributed by atoms with Crippen molar-refractivity contribution in [1.29, 1.82) is 0 Å². The van der Waals surface area contributed by atoms with Crippen molar-refractivity contribution in [2.24, 2.45) is 0 Å². The lowest BCUT2D eigenvalue weighted by Gasteiger charge is -2.26. The van der Waals surface area contributed by atoms with Gasteiger partial charge in [0, 0.05) is 42.2 Å². The van der Waals surface area contributed by atoms with Crippen LogP contribution in [0.2, 0.25) is 0 Å². The van der Waals surface area contributed by atoms with Crippen LogP contribution in [-0.4, -0.2) is 58.0 Å². The fourth-order valence-corrected chi connectivity index (χ4v) is 4.11. The second-order valence-electron chi connectivity index (χ2n) is 4.55. The molecule has 0 amide bonds. The highest BCUT2D eigenvalue weighted by Gasteiger charge is 2.21. The molecule has 5 heteroatoms. The molecule has 0 bridgehead atoms. The Morgan fingerprint density at radius 1 is 1.31 bits per heavy atom. The summed E-state index contributed by atoms with van der Waals surface area (Å²) >= 11 is 3.97. The predicted molar refractivity (Wildman–Crippen MR) is 73.4 cm³/mol. The monoisotopic (exact) mass is 265 g/mol. The van der Waals surface area contributed by atoms with Gasteiger partial charge in [-0.3, -0.25) is 0 Å². The number of hydrogen-bond acceptors (Lipinski definition) is 5. The van der Waals surface area contributed by atoms with Gasteiger partial charge < -0.3 is 15.5 Å². The van der Waals surface area contributed by atoms with Gasteiger partial charge in [-0.25, -0.2) is 0 Å². The van der Waals surface area contributed by atoms with E-state index in [9.17, 15) is 5.11 Å². The maximum Gasteiger partial charge on any atom is 0.0744 e. The van der Waals surface area contributed by atoms with Crippen molar-refractivity contribution >= 4 is 23.5 Å². The van der Waals surface area contributed by atoms with Crippen molar-refractivity contribution < 1.29 is 10.2 Å². The molecule has 1 atom stereocenters. The molecule has 1 heterocycles. The van der Waals surface area contributed by atoms with Crippen LogP contribution in [0.5, 0.6) is 0 Å². The van der Waals surface area contributed by atoms with E-state index >= 15 is 0 Å². The van der Waals surface area contributed by atoms with E-state index in [0.29, 0.717) is 25.4 Å². The largest absolute Gasteiger partial charge is 0.396 e. The Morgan fingerprint density at radius 3 is 2.50 bits per heavy atom. The van der Waals surface area contributed by atoms with Crippen LogP contribution in [0.25, 0.3) is 0 Å². The summed E-state index contributed by atoms with van der Waals surface area (Å²) in [6.45, 7) is 2.62. The molecule has 0 aliphatic carbocycles. The summed E-state index contributed by atoms with van der Waals surface area (Å²) in [5.41, 5.74) is -0.690. The standard InChI is InChI=1S/C11H23NO2S2/c1-11(14,3-2-4-13)9-12-10-7-15-5-6-16-8-10/h10,12-14H,2-9H2,1H3. The Bertz CT molecular complexity index is 183. The maximum absolute atomic E-state index is 10.1. The van der Waals surface area contributed by atoms with Gasteiger partial charge in [0.25, 0.3) is 0 Å². The van der Waals surface area contributed by atoms with E-state index in [1.165, 1.54) is 11.5 Å². The van der Waals surface area contributed by atoms with Crippen molar-refractivity contribution in [3.63, 3.8) is 0 Å². The van der Waals surface area contributed by atoms with Gasteiger partial charge in [0.05, 0.1) is 5.60 Å². The van der Waals surface area contributed by atoms with Crippen LogP contribution in [0.1, 0.15) is 19.8 Å². The van der Waals surface area contributed by atoms with Gasteiger partial charge in [0.2, 0.25) is 0 Å². The van der Waals surface area contributed by atoms with E-state index < -0.39 is 5.60 Å². The summed E-state index contributed by atoms with van der Waals surface area (Å²) in [7, 11) is 0. The SMILES string of the molecule is CC(O)(CCCO)CNC1CSCCSC1. The highest BCUT2D eigenvalue weighted by Crippen LogP contribution is 2.17. The van der Waals surface area contributed by atoms with Crippen molar-refractivity contribution in [3.8, 4) is 0 Å². The Hall–Kier alpha value is 0.580. The van der Waals surface area contributed by atoms with Crippen LogP contribution in [-0.2, 0) is 0 Å². The van der Waals surface area contributed by atoms with E-state index in [-0.39, 0.29) is 6.61 Å². The van der Waals surface area contributed by atoms with Gasteiger partial charge in [0.15, 0.2) is 0 Å². The molecule has 1 saturated heterocycles. The average Bonchev–Trinajstić information content (AvgIpc) is 2.52. The van der Waals surface area contributed by atoms with Gasteiger partial charge in [-0.2, -0.15) is 23.5 Å². The van der Waals surface area contributed by atoms with Crippen molar-refractivity contribution in [2.75, 3.05) is 36.2 Å². The van der Waals surface area contributed by atoms with Crippen LogP contribution in [0, 0.1) is 0 Å². The van der Waals surface area contributed by atoms with E-state index in [4.69, 9.17) is 5.11 Å². The zero-order chi connectivity index (χ0) is 11.9. The highest BCUT2D eigenvalue weighted by atomic mass is 32.2. The lowest BCUT2D eigenvalue weighted by molar-refractivity contribution is 0.0422. The molecule has 0 spiro atoms. The average molecular weight is 265 g/mol. The fraction of sp³-hybridized carbons (Fsp3) is 1.00. The van der Waals surface area contributed by atoms with Gasteiger partial charge in [-0.05, 0) is 19.8 Å². The number of rotatable bonds is 6. The molecule has 1 rings (SSSR count). The van der Waals surface area contributed by atoms with Crippen molar-refractivity contribution in [2.45, 2.75) is 31.4 Å². The second kappa shape index (κ2) is 7.82. The van der Waals surface area contributed by atoms with Gasteiger partial charge in [-0.15, -0.1) is 0 Å². The van der Waals surface area contributed by atoms with E-state index in [0.717, 1.165) is 11.5 Å². The van der Waals surface area contributed by atoms with Crippen molar-refractivity contribution in [3.05, 3.63) is 0 Å². The van der Waals surface area contributed by atoms with Crippen molar-refractivity contribution in [1.82, 2.24) is 5.32 Å². The molecule has 3 nitrogen and oxygen atoms in total. The first-order chi connectivity index (χ1) is 7.64. The second-order valence-corrected chi connectivity index (χ2v) is 6.85. The number of nitrogens with one attached hydrogen (secondary N) is 1. The van der Waals surface area contributed by atoms with Gasteiger partial charge in [0.1, 0.15) is 0 Å². The normalized spacial score (nSPS) is 22.7. The third-order valence-electron chi connectivity index (χ3n) is 2.66. The fourth-order valence-electron chi connectivity index (χ4n) is 1.65. The van der Waals surface area contributed by atoms with Crippen LogP contribution < -0.4 is 5.32 Å².